The molecule has 466 valence electrons. The Bertz CT molecular complexity index is 1340. The van der Waals surface area contributed by atoms with E-state index >= 15 is 0 Å². The van der Waals surface area contributed by atoms with Crippen molar-refractivity contribution in [2.45, 2.75) is 391 Å². The average Bonchev–Trinajstić information content (AvgIpc) is 3.47. The summed E-state index contributed by atoms with van der Waals surface area (Å²) >= 11 is 0. The first-order chi connectivity index (χ1) is 38.8. The van der Waals surface area contributed by atoms with Crippen LogP contribution in [-0.2, 0) is 14.3 Å². The number of carbonyl (C=O) groups excluding carboxylic acids is 1. The molecule has 0 aliphatic carbocycles. The highest BCUT2D eigenvalue weighted by molar-refractivity contribution is 5.76. The van der Waals surface area contributed by atoms with E-state index in [1.165, 1.54) is 283 Å². The molecule has 1 aliphatic heterocycles. The second-order valence-corrected chi connectivity index (χ2v) is 24.3. The average molecular weight is 1120 g/mol. The maximum atomic E-state index is 13.1. The van der Waals surface area contributed by atoms with E-state index in [0.717, 1.165) is 44.9 Å². The molecule has 0 aromatic rings. The van der Waals surface area contributed by atoms with E-state index in [4.69, 9.17) is 9.47 Å². The molecule has 1 aliphatic rings. The molecule has 7 atom stereocenters. The zero-order chi connectivity index (χ0) is 57.2. The quantitative estimate of drug-likeness (QED) is 0.0261. The van der Waals surface area contributed by atoms with Crippen LogP contribution in [0.1, 0.15) is 348 Å². The fourth-order valence-electron chi connectivity index (χ4n) is 11.3. The molecule has 9 heteroatoms. The number of hydrogen-bond donors (Lipinski definition) is 6. The monoisotopic (exact) mass is 1120 g/mol. The van der Waals surface area contributed by atoms with Gasteiger partial charge >= 0.3 is 0 Å². The summed E-state index contributed by atoms with van der Waals surface area (Å²) in [5.41, 5.74) is 0. The maximum Gasteiger partial charge on any atom is 0.220 e. The van der Waals surface area contributed by atoms with Gasteiger partial charge in [-0.05, 0) is 44.9 Å². The van der Waals surface area contributed by atoms with Crippen molar-refractivity contribution in [3.05, 3.63) is 36.5 Å². The van der Waals surface area contributed by atoms with E-state index < -0.39 is 49.5 Å². The molecule has 1 saturated heterocycles. The first-order valence-corrected chi connectivity index (χ1v) is 34.7. The van der Waals surface area contributed by atoms with Gasteiger partial charge in [0.2, 0.25) is 5.91 Å². The highest BCUT2D eigenvalue weighted by Crippen LogP contribution is 2.23. The van der Waals surface area contributed by atoms with Gasteiger partial charge in [-0.1, -0.05) is 333 Å². The SMILES string of the molecule is CCCCCCCCCCCCCCCCCCCC/C=C/CC/C=C/CC/C=C/C(O)C(COC1OC(CO)C(O)C(O)C1O)NC(=O)CCCCCCCCCCCCCCCCCCCCCCCCCCCCCC. The number of carbonyl (C=O) groups is 1. The van der Waals surface area contributed by atoms with Crippen LogP contribution in [0.25, 0.3) is 0 Å². The van der Waals surface area contributed by atoms with Gasteiger partial charge in [-0.3, -0.25) is 4.79 Å². The molecule has 79 heavy (non-hydrogen) atoms. The number of aliphatic hydroxyl groups excluding tert-OH is 5. The molecule has 0 aromatic carbocycles. The first kappa shape index (κ1) is 75.4. The minimum absolute atomic E-state index is 0.183. The van der Waals surface area contributed by atoms with Crippen molar-refractivity contribution < 1.29 is 39.8 Å². The van der Waals surface area contributed by atoms with Crippen LogP contribution in [0.15, 0.2) is 36.5 Å². The van der Waals surface area contributed by atoms with Gasteiger partial charge in [0.05, 0.1) is 25.4 Å². The third-order valence-electron chi connectivity index (χ3n) is 16.7. The highest BCUT2D eigenvalue weighted by Gasteiger charge is 2.44. The number of aliphatic hydroxyl groups is 5. The molecule has 0 spiro atoms. The van der Waals surface area contributed by atoms with E-state index in [-0.39, 0.29) is 12.5 Å². The number of ether oxygens (including phenoxy) is 2. The molecule has 9 nitrogen and oxygen atoms in total. The van der Waals surface area contributed by atoms with E-state index in [1.54, 1.807) is 6.08 Å². The Hall–Kier alpha value is -1.59. The number of hydrogen-bond acceptors (Lipinski definition) is 8. The molecule has 0 bridgehead atoms. The third kappa shape index (κ3) is 48.5. The van der Waals surface area contributed by atoms with Crippen LogP contribution in [-0.4, -0.2) is 87.5 Å². The van der Waals surface area contributed by atoms with Crippen LogP contribution in [0.4, 0.5) is 0 Å². The molecular formula is C70H133NO8. The fraction of sp³-hybridized carbons (Fsp3) is 0.900. The molecule has 7 unspecified atom stereocenters. The van der Waals surface area contributed by atoms with E-state index in [0.29, 0.717) is 6.42 Å². The Balaban J connectivity index is 2.16. The molecule has 1 amide bonds. The number of allylic oxidation sites excluding steroid dienone is 5. The summed E-state index contributed by atoms with van der Waals surface area (Å²) in [5.74, 6) is -0.183. The smallest absolute Gasteiger partial charge is 0.220 e. The van der Waals surface area contributed by atoms with Crippen LogP contribution in [0.5, 0.6) is 0 Å². The predicted octanol–water partition coefficient (Wildman–Crippen LogP) is 18.6. The summed E-state index contributed by atoms with van der Waals surface area (Å²) in [6.45, 7) is 3.81. The highest BCUT2D eigenvalue weighted by atomic mass is 16.7. The number of unbranched alkanes of at least 4 members (excludes halogenated alkanes) is 47. The lowest BCUT2D eigenvalue weighted by molar-refractivity contribution is -0.302. The van der Waals surface area contributed by atoms with Crippen molar-refractivity contribution in [3.63, 3.8) is 0 Å². The Morgan fingerprint density at radius 1 is 0.418 bits per heavy atom. The number of amides is 1. The molecule has 0 aromatic heterocycles. The Kier molecular flexibility index (Phi) is 56.9. The molecule has 1 rings (SSSR count). The Labute approximate surface area is 489 Å². The fourth-order valence-corrected chi connectivity index (χ4v) is 11.3. The van der Waals surface area contributed by atoms with Crippen molar-refractivity contribution in [1.29, 1.82) is 0 Å². The van der Waals surface area contributed by atoms with Gasteiger partial charge in [-0.2, -0.15) is 0 Å². The molecule has 1 heterocycles. The second kappa shape index (κ2) is 59.6. The van der Waals surface area contributed by atoms with Gasteiger partial charge in [0.1, 0.15) is 24.4 Å². The van der Waals surface area contributed by atoms with Crippen LogP contribution in [0.3, 0.4) is 0 Å². The zero-order valence-corrected chi connectivity index (χ0v) is 52.2. The van der Waals surface area contributed by atoms with Crippen molar-refractivity contribution in [2.75, 3.05) is 13.2 Å². The predicted molar refractivity (Wildman–Crippen MR) is 337 cm³/mol. The molecule has 6 N–H and O–H groups in total. The van der Waals surface area contributed by atoms with Gasteiger partial charge in [0.25, 0.3) is 0 Å². The normalized spacial score (nSPS) is 18.7. The standard InChI is InChI=1S/C70H133NO8/c1-3-5-7-9-11-13-15-17-19-21-23-25-27-29-31-33-35-37-39-41-43-45-47-49-51-53-55-57-59-64(73)63(62-78-70-69(77)68(76)67(75)65(61-72)79-70)71-66(74)60-58-56-54-52-50-48-46-44-42-40-38-36-34-32-30-28-26-24-22-20-18-16-14-12-10-8-6-4-2/h41,43,49,51,57,59,63-65,67-70,72-73,75-77H,3-40,42,44-48,50,52-56,58,60-62H2,1-2H3,(H,71,74)/b43-41+,51-49+,59-57+. The van der Waals surface area contributed by atoms with Crippen LogP contribution >= 0.6 is 0 Å². The second-order valence-electron chi connectivity index (χ2n) is 24.3. The van der Waals surface area contributed by atoms with E-state index in [9.17, 15) is 30.3 Å². The van der Waals surface area contributed by atoms with Crippen molar-refractivity contribution in [3.8, 4) is 0 Å². The molecule has 0 saturated carbocycles. The van der Waals surface area contributed by atoms with E-state index in [2.05, 4.69) is 43.5 Å². The maximum absolute atomic E-state index is 13.1. The van der Waals surface area contributed by atoms with Gasteiger partial charge < -0.3 is 40.3 Å². The largest absolute Gasteiger partial charge is 0.394 e. The molecular weight excluding hydrogens is 983 g/mol. The minimum atomic E-state index is -1.57. The van der Waals surface area contributed by atoms with Crippen molar-refractivity contribution >= 4 is 5.91 Å². The molecule has 0 radical (unpaired) electrons. The van der Waals surface area contributed by atoms with E-state index in [1.807, 2.05) is 6.08 Å². The minimum Gasteiger partial charge on any atom is -0.394 e. The van der Waals surface area contributed by atoms with Crippen molar-refractivity contribution in [1.82, 2.24) is 5.32 Å². The van der Waals surface area contributed by atoms with Crippen LogP contribution < -0.4 is 5.32 Å². The number of nitrogens with one attached hydrogen (secondary N) is 1. The summed E-state index contributed by atoms with van der Waals surface area (Å²) in [6.07, 6.45) is 72.6. The van der Waals surface area contributed by atoms with Gasteiger partial charge in [0, 0.05) is 6.42 Å². The lowest BCUT2D eigenvalue weighted by Gasteiger charge is -2.40. The Morgan fingerprint density at radius 3 is 1.06 bits per heavy atom. The zero-order valence-electron chi connectivity index (χ0n) is 52.2. The molecule has 1 fully saturated rings. The topological polar surface area (TPSA) is 149 Å². The summed E-state index contributed by atoms with van der Waals surface area (Å²) in [4.78, 5) is 13.1. The summed E-state index contributed by atoms with van der Waals surface area (Å²) in [6, 6.07) is -0.828. The van der Waals surface area contributed by atoms with Gasteiger partial charge in [0.15, 0.2) is 6.29 Å². The van der Waals surface area contributed by atoms with Crippen LogP contribution in [0, 0.1) is 0 Å². The summed E-state index contributed by atoms with van der Waals surface area (Å²) in [7, 11) is 0. The summed E-state index contributed by atoms with van der Waals surface area (Å²) in [5, 5.41) is 54.7. The third-order valence-corrected chi connectivity index (χ3v) is 16.7. The van der Waals surface area contributed by atoms with Gasteiger partial charge in [-0.15, -0.1) is 0 Å². The number of rotatable bonds is 61. The summed E-state index contributed by atoms with van der Waals surface area (Å²) < 4.78 is 11.3. The van der Waals surface area contributed by atoms with Crippen molar-refractivity contribution in [2.24, 2.45) is 0 Å². The Morgan fingerprint density at radius 2 is 0.722 bits per heavy atom. The first-order valence-electron chi connectivity index (χ1n) is 34.7. The van der Waals surface area contributed by atoms with Gasteiger partial charge in [-0.25, -0.2) is 0 Å². The lowest BCUT2D eigenvalue weighted by atomic mass is 9.99. The lowest BCUT2D eigenvalue weighted by Crippen LogP contribution is -2.60. The van der Waals surface area contributed by atoms with Crippen LogP contribution in [0.2, 0.25) is 0 Å².